The molecule has 338 valence electrons. The predicted molar refractivity (Wildman–Crippen MR) is 231 cm³/mol. The maximum absolute atomic E-state index is 12.8. The molecule has 2 fully saturated rings. The molecule has 2 bridgehead atoms. The van der Waals surface area contributed by atoms with E-state index >= 15 is 0 Å². The Bertz CT molecular complexity index is 1170. The normalized spacial score (nSPS) is 21.8. The molecule has 1 heterocycles. The Morgan fingerprint density at radius 1 is 0.776 bits per heavy atom. The summed E-state index contributed by atoms with van der Waals surface area (Å²) in [6, 6.07) is 0. The highest BCUT2D eigenvalue weighted by Crippen LogP contribution is 2.45. The van der Waals surface area contributed by atoms with Crippen LogP contribution in [0.25, 0.3) is 0 Å². The lowest BCUT2D eigenvalue weighted by atomic mass is 9.89. The molecule has 1 aliphatic carbocycles. The van der Waals surface area contributed by atoms with Gasteiger partial charge in [0.2, 0.25) is 0 Å². The highest BCUT2D eigenvalue weighted by molar-refractivity contribution is 7.45. The molecule has 0 amide bonds. The number of unbranched alkanes of at least 4 members (excludes halogenated alkanes) is 15. The number of rotatable bonds is 38. The molecule has 0 aromatic rings. The predicted octanol–water partition coefficient (Wildman–Crippen LogP) is 10.1. The number of nitrogens with zero attached hydrogens (tertiary/aromatic N) is 1. The average Bonchev–Trinajstić information content (AvgIpc) is 3.78. The molecule has 2 aliphatic rings. The van der Waals surface area contributed by atoms with Crippen LogP contribution in [0.5, 0.6) is 0 Å². The van der Waals surface area contributed by atoms with Gasteiger partial charge in [0.1, 0.15) is 25.4 Å². The number of quaternary nitrogens is 1. The number of carbonyl (C=O) groups is 1. The van der Waals surface area contributed by atoms with Gasteiger partial charge in [0.05, 0.1) is 46.6 Å². The van der Waals surface area contributed by atoms with Gasteiger partial charge in [-0.1, -0.05) is 127 Å². The first kappa shape index (κ1) is 52.7. The molecule has 0 aromatic heterocycles. The smallest absolute Gasteiger partial charge is 0.306 e. The summed E-state index contributed by atoms with van der Waals surface area (Å²) in [5.41, 5.74) is 0. The number of aliphatic hydroxyl groups is 1. The molecule has 7 unspecified atom stereocenters. The van der Waals surface area contributed by atoms with Crippen molar-refractivity contribution in [2.24, 2.45) is 11.8 Å². The topological polar surface area (TPSA) is 133 Å². The highest BCUT2D eigenvalue weighted by atomic mass is 31.2. The van der Waals surface area contributed by atoms with E-state index in [4.69, 9.17) is 28.3 Å². The zero-order valence-corrected chi connectivity index (χ0v) is 38.1. The van der Waals surface area contributed by atoms with Crippen LogP contribution in [0.2, 0.25) is 0 Å². The van der Waals surface area contributed by atoms with E-state index in [0.717, 1.165) is 64.2 Å². The molecular formula is C46H84NO10P. The summed E-state index contributed by atoms with van der Waals surface area (Å²) < 4.78 is 34.7. The first-order valence-electron chi connectivity index (χ1n) is 23.1. The second-order valence-electron chi connectivity index (χ2n) is 17.5. The van der Waals surface area contributed by atoms with E-state index in [-0.39, 0.29) is 50.3 Å². The van der Waals surface area contributed by atoms with Crippen LogP contribution in [0.4, 0.5) is 0 Å². The van der Waals surface area contributed by atoms with E-state index in [1.807, 2.05) is 27.2 Å². The Balaban J connectivity index is 1.69. The van der Waals surface area contributed by atoms with Gasteiger partial charge in [-0.3, -0.25) is 9.36 Å². The van der Waals surface area contributed by atoms with Crippen LogP contribution >= 0.6 is 7.82 Å². The van der Waals surface area contributed by atoms with E-state index in [0.29, 0.717) is 30.5 Å². The van der Waals surface area contributed by atoms with Crippen molar-refractivity contribution in [3.63, 3.8) is 0 Å². The Labute approximate surface area is 353 Å². The average molecular weight is 842 g/mol. The van der Waals surface area contributed by atoms with E-state index in [1.54, 1.807) is 0 Å². The van der Waals surface area contributed by atoms with Crippen molar-refractivity contribution < 1.29 is 52.1 Å². The van der Waals surface area contributed by atoms with Gasteiger partial charge in [-0.2, -0.15) is 0 Å². The number of allylic oxidation sites excluding steroid dienone is 4. The van der Waals surface area contributed by atoms with Crippen molar-refractivity contribution in [3.8, 4) is 0 Å². The van der Waals surface area contributed by atoms with E-state index < -0.39 is 26.0 Å². The van der Waals surface area contributed by atoms with E-state index in [2.05, 4.69) is 44.2 Å². The molecule has 1 saturated heterocycles. The van der Waals surface area contributed by atoms with Crippen molar-refractivity contribution >= 4 is 13.8 Å². The van der Waals surface area contributed by atoms with Crippen molar-refractivity contribution in [2.45, 2.75) is 186 Å². The summed E-state index contributed by atoms with van der Waals surface area (Å²) in [6.07, 6.45) is 36.2. The molecule has 11 nitrogen and oxygen atoms in total. The number of carbonyl (C=O) groups excluding carboxylic acids is 1. The van der Waals surface area contributed by atoms with Gasteiger partial charge in [0.25, 0.3) is 7.82 Å². The number of phosphoric acid groups is 1. The van der Waals surface area contributed by atoms with Gasteiger partial charge in [-0.15, -0.1) is 0 Å². The number of phosphoric ester groups is 1. The first-order valence-corrected chi connectivity index (χ1v) is 24.6. The summed E-state index contributed by atoms with van der Waals surface area (Å²) in [6.45, 7) is 5.11. The number of esters is 1. The van der Waals surface area contributed by atoms with E-state index in [1.165, 1.54) is 64.2 Å². The minimum Gasteiger partial charge on any atom is -0.756 e. The summed E-state index contributed by atoms with van der Waals surface area (Å²) in [5, 5.41) is 10.4. The Hall–Kier alpha value is -1.40. The van der Waals surface area contributed by atoms with Gasteiger partial charge in [-0.25, -0.2) is 9.78 Å². The lowest BCUT2D eigenvalue weighted by molar-refractivity contribution is -0.870. The largest absolute Gasteiger partial charge is 0.756 e. The minimum atomic E-state index is -4.58. The summed E-state index contributed by atoms with van der Waals surface area (Å²) in [7, 11) is 1.26. The molecular weight excluding hydrogens is 757 g/mol. The summed E-state index contributed by atoms with van der Waals surface area (Å²) in [5.74, 6) is 0.0658. The van der Waals surface area contributed by atoms with Crippen LogP contribution in [0.3, 0.4) is 0 Å². The molecule has 7 atom stereocenters. The number of ether oxygens (including phenoxy) is 2. The zero-order valence-electron chi connectivity index (χ0n) is 37.2. The molecule has 0 spiro atoms. The molecule has 2 rings (SSSR count). The van der Waals surface area contributed by atoms with Crippen LogP contribution in [-0.4, -0.2) is 94.1 Å². The second-order valence-corrected chi connectivity index (χ2v) is 18.9. The van der Waals surface area contributed by atoms with E-state index in [9.17, 15) is 19.4 Å². The SMILES string of the molecule is CCCCCCCC/C=C\CCCCCCCCOCC(COP(=O)([O-])OCC[N+](C)(C)C)OC(=O)CCC/C=C\CC1C2CC(OO2)C1/C=C/C(O)CCCCC. The fourth-order valence-electron chi connectivity index (χ4n) is 7.37. The van der Waals surface area contributed by atoms with Gasteiger partial charge in [-0.05, 0) is 57.8 Å². The molecule has 58 heavy (non-hydrogen) atoms. The molecule has 12 heteroatoms. The standard InChI is InChI=1S/C46H84NO10P/c1-6-8-10-11-12-13-14-15-16-17-18-19-20-21-24-28-35-52-38-41(39-54-58(50,51)53-36-34-47(3,4)5)55-46(49)31-27-23-22-26-30-42-43(45-37-44(42)56-57-45)33-32-40(48)29-25-9-7-2/h15-16,22,26,32-33,40-45,48H,6-14,17-21,23-25,27-31,34-39H2,1-5H3/b16-15-,26-22-,33-32+. The Kier molecular flexibility index (Phi) is 29.4. The Morgan fingerprint density at radius 2 is 1.38 bits per heavy atom. The van der Waals surface area contributed by atoms with Crippen molar-refractivity contribution in [3.05, 3.63) is 36.5 Å². The molecule has 1 N–H and O–H groups in total. The van der Waals surface area contributed by atoms with Gasteiger partial charge in [0.15, 0.2) is 0 Å². The molecule has 1 saturated carbocycles. The molecule has 0 aromatic carbocycles. The molecule has 1 aliphatic heterocycles. The first-order chi connectivity index (χ1) is 27.9. The lowest BCUT2D eigenvalue weighted by Gasteiger charge is -2.28. The van der Waals surface area contributed by atoms with Crippen molar-refractivity contribution in [2.75, 3.05) is 54.1 Å². The van der Waals surface area contributed by atoms with Crippen LogP contribution < -0.4 is 4.89 Å². The third-order valence-corrected chi connectivity index (χ3v) is 12.0. The summed E-state index contributed by atoms with van der Waals surface area (Å²) in [4.78, 5) is 36.3. The Morgan fingerprint density at radius 3 is 2.07 bits per heavy atom. The fourth-order valence-corrected chi connectivity index (χ4v) is 8.10. The van der Waals surface area contributed by atoms with Crippen LogP contribution in [0.15, 0.2) is 36.5 Å². The van der Waals surface area contributed by atoms with Crippen LogP contribution in [0, 0.1) is 11.8 Å². The maximum Gasteiger partial charge on any atom is 0.306 e. The zero-order chi connectivity index (χ0) is 42.3. The van der Waals surface area contributed by atoms with Crippen LogP contribution in [-0.2, 0) is 37.7 Å². The third-order valence-electron chi connectivity index (χ3n) is 11.0. The number of fused-ring (bicyclic) bond motifs is 2. The maximum atomic E-state index is 12.8. The number of likely N-dealkylation sites (N-methyl/N-ethyl adjacent to an activating group) is 1. The number of hydrogen-bond acceptors (Lipinski definition) is 10. The minimum absolute atomic E-state index is 0.00288. The van der Waals surface area contributed by atoms with Gasteiger partial charge in [0, 0.05) is 31.3 Å². The number of hydrogen-bond donors (Lipinski definition) is 1. The third kappa shape index (κ3) is 26.7. The van der Waals surface area contributed by atoms with Crippen molar-refractivity contribution in [1.82, 2.24) is 0 Å². The molecule has 0 radical (unpaired) electrons. The van der Waals surface area contributed by atoms with Gasteiger partial charge >= 0.3 is 5.97 Å². The monoisotopic (exact) mass is 842 g/mol. The lowest BCUT2D eigenvalue weighted by Crippen LogP contribution is -2.37. The number of aliphatic hydroxyl groups excluding tert-OH is 1. The van der Waals surface area contributed by atoms with Crippen molar-refractivity contribution in [1.29, 1.82) is 0 Å². The highest BCUT2D eigenvalue weighted by Gasteiger charge is 2.49. The van der Waals surface area contributed by atoms with Gasteiger partial charge < -0.3 is 33.0 Å². The van der Waals surface area contributed by atoms with Crippen LogP contribution in [0.1, 0.15) is 162 Å². The second kappa shape index (κ2) is 32.3. The fraction of sp³-hybridized carbons (Fsp3) is 0.848. The summed E-state index contributed by atoms with van der Waals surface area (Å²) >= 11 is 0. The quantitative estimate of drug-likeness (QED) is 0.0160.